The summed E-state index contributed by atoms with van der Waals surface area (Å²) >= 11 is 0. The van der Waals surface area contributed by atoms with Crippen LogP contribution in [0.15, 0.2) is 66.2 Å². The van der Waals surface area contributed by atoms with Crippen LogP contribution in [0, 0.1) is 0 Å². The second kappa shape index (κ2) is 8.98. The zero-order chi connectivity index (χ0) is 17.8. The molecule has 2 heterocycles. The Labute approximate surface area is 176 Å². The maximum Gasteiger partial charge on any atom is 0.194 e. The first-order valence-electron chi connectivity index (χ1n) is 8.79. The molecule has 27 heavy (non-hydrogen) atoms. The van der Waals surface area contributed by atoms with Gasteiger partial charge in [0, 0.05) is 20.1 Å². The highest BCUT2D eigenvalue weighted by Crippen LogP contribution is 2.24. The van der Waals surface area contributed by atoms with Crippen LogP contribution in [-0.2, 0) is 13.1 Å². The molecule has 1 aliphatic heterocycles. The van der Waals surface area contributed by atoms with Gasteiger partial charge in [-0.25, -0.2) is 9.67 Å². The van der Waals surface area contributed by atoms with Gasteiger partial charge in [-0.1, -0.05) is 48.5 Å². The van der Waals surface area contributed by atoms with E-state index in [1.54, 1.807) is 12.7 Å². The third-order valence-electron chi connectivity index (χ3n) is 4.59. The number of halogens is 1. The Balaban J connectivity index is 0.00000210. The highest BCUT2D eigenvalue weighted by Gasteiger charge is 2.12. The summed E-state index contributed by atoms with van der Waals surface area (Å²) in [5.74, 6) is 0.975. The first-order chi connectivity index (χ1) is 12.8. The molecule has 0 aliphatic carbocycles. The number of guanidine groups is 1. The number of aromatic nitrogens is 3. The molecule has 4 rings (SSSR count). The summed E-state index contributed by atoms with van der Waals surface area (Å²) in [6.45, 7) is 3.35. The first kappa shape index (κ1) is 19.3. The van der Waals surface area contributed by atoms with Crippen molar-refractivity contribution in [3.8, 4) is 11.1 Å². The zero-order valence-electron chi connectivity index (χ0n) is 15.2. The van der Waals surface area contributed by atoms with Crippen LogP contribution in [0.1, 0.15) is 11.1 Å². The maximum atomic E-state index is 4.50. The van der Waals surface area contributed by atoms with Crippen molar-refractivity contribution in [1.82, 2.24) is 25.0 Å². The van der Waals surface area contributed by atoms with Gasteiger partial charge < -0.3 is 10.2 Å². The van der Waals surface area contributed by atoms with Gasteiger partial charge in [0.2, 0.25) is 0 Å². The molecule has 2 aromatic carbocycles. The van der Waals surface area contributed by atoms with Crippen molar-refractivity contribution in [2.45, 2.75) is 13.1 Å². The van der Waals surface area contributed by atoms with E-state index in [4.69, 9.17) is 0 Å². The van der Waals surface area contributed by atoms with E-state index < -0.39 is 0 Å². The SMILES string of the molecule is CN1CCN=C1NCc1ccccc1-c1ccc(Cn2cncn2)cc1.I. The van der Waals surface area contributed by atoms with Gasteiger partial charge in [-0.2, -0.15) is 5.10 Å². The van der Waals surface area contributed by atoms with Crippen LogP contribution in [0.4, 0.5) is 0 Å². The normalized spacial score (nSPS) is 13.2. The topological polar surface area (TPSA) is 58.3 Å². The maximum absolute atomic E-state index is 4.50. The molecule has 140 valence electrons. The van der Waals surface area contributed by atoms with Gasteiger partial charge in [0.1, 0.15) is 12.7 Å². The lowest BCUT2D eigenvalue weighted by atomic mass is 9.98. The fourth-order valence-corrected chi connectivity index (χ4v) is 3.14. The summed E-state index contributed by atoms with van der Waals surface area (Å²) < 4.78 is 1.83. The summed E-state index contributed by atoms with van der Waals surface area (Å²) in [6, 6.07) is 17.1. The lowest BCUT2D eigenvalue weighted by molar-refractivity contribution is 0.534. The molecule has 0 amide bonds. The Morgan fingerprint density at radius 1 is 1.07 bits per heavy atom. The number of aliphatic imine (C=N–C) groups is 1. The number of hydrogen-bond acceptors (Lipinski definition) is 5. The Kier molecular flexibility index (Phi) is 6.44. The molecular formula is C20H23IN6. The number of rotatable bonds is 5. The van der Waals surface area contributed by atoms with Crippen molar-refractivity contribution in [2.24, 2.45) is 4.99 Å². The van der Waals surface area contributed by atoms with E-state index in [2.05, 4.69) is 80.9 Å². The van der Waals surface area contributed by atoms with Gasteiger partial charge in [0.05, 0.1) is 13.1 Å². The van der Waals surface area contributed by atoms with Crippen LogP contribution in [-0.4, -0.2) is 45.8 Å². The fourth-order valence-electron chi connectivity index (χ4n) is 3.14. The molecule has 1 N–H and O–H groups in total. The monoisotopic (exact) mass is 474 g/mol. The number of likely N-dealkylation sites (N-methyl/N-ethyl adjacent to an activating group) is 1. The van der Waals surface area contributed by atoms with E-state index in [1.165, 1.54) is 22.3 Å². The molecule has 1 aromatic heterocycles. The van der Waals surface area contributed by atoms with Crippen molar-refractivity contribution < 1.29 is 0 Å². The van der Waals surface area contributed by atoms with Gasteiger partial charge in [-0.3, -0.25) is 4.99 Å². The van der Waals surface area contributed by atoms with Crippen molar-refractivity contribution in [3.05, 3.63) is 72.3 Å². The van der Waals surface area contributed by atoms with Crippen LogP contribution in [0.3, 0.4) is 0 Å². The number of nitrogens with one attached hydrogen (secondary N) is 1. The predicted molar refractivity (Wildman–Crippen MR) is 118 cm³/mol. The molecule has 3 aromatic rings. The second-order valence-electron chi connectivity index (χ2n) is 6.43. The molecule has 0 bridgehead atoms. The highest BCUT2D eigenvalue weighted by molar-refractivity contribution is 14.0. The minimum Gasteiger partial charge on any atom is -0.352 e. The number of nitrogens with zero attached hydrogens (tertiary/aromatic N) is 5. The molecule has 0 unspecified atom stereocenters. The average molecular weight is 474 g/mol. The van der Waals surface area contributed by atoms with E-state index in [0.717, 1.165) is 32.1 Å². The molecule has 0 radical (unpaired) electrons. The fraction of sp³-hybridized carbons (Fsp3) is 0.250. The van der Waals surface area contributed by atoms with Crippen LogP contribution >= 0.6 is 24.0 Å². The molecule has 0 saturated carbocycles. The van der Waals surface area contributed by atoms with Gasteiger partial charge in [-0.05, 0) is 22.3 Å². The van der Waals surface area contributed by atoms with Gasteiger partial charge in [0.15, 0.2) is 5.96 Å². The summed E-state index contributed by atoms with van der Waals surface area (Å²) in [4.78, 5) is 10.6. The molecular weight excluding hydrogens is 451 g/mol. The summed E-state index contributed by atoms with van der Waals surface area (Å²) in [6.07, 6.45) is 3.29. The first-order valence-corrected chi connectivity index (χ1v) is 8.79. The summed E-state index contributed by atoms with van der Waals surface area (Å²) in [7, 11) is 2.07. The van der Waals surface area contributed by atoms with Crippen molar-refractivity contribution in [2.75, 3.05) is 20.1 Å². The minimum absolute atomic E-state index is 0. The van der Waals surface area contributed by atoms with Crippen LogP contribution < -0.4 is 5.32 Å². The molecule has 0 fully saturated rings. The highest BCUT2D eigenvalue weighted by atomic mass is 127. The minimum atomic E-state index is 0. The Bertz CT molecular complexity index is 889. The molecule has 6 nitrogen and oxygen atoms in total. The third kappa shape index (κ3) is 4.65. The lowest BCUT2D eigenvalue weighted by Crippen LogP contribution is -2.35. The Hall–Kier alpha value is -2.42. The van der Waals surface area contributed by atoms with E-state index >= 15 is 0 Å². The van der Waals surface area contributed by atoms with E-state index in [1.807, 2.05) is 4.68 Å². The average Bonchev–Trinajstić information content (AvgIpc) is 3.33. The molecule has 0 saturated heterocycles. The third-order valence-corrected chi connectivity index (χ3v) is 4.59. The number of benzene rings is 2. The van der Waals surface area contributed by atoms with Crippen LogP contribution in [0.5, 0.6) is 0 Å². The standard InChI is InChI=1S/C20H22N6.HI/c1-25-11-10-22-20(25)23-12-18-4-2-3-5-19(18)17-8-6-16(7-9-17)13-26-15-21-14-24-26;/h2-9,14-15H,10-13H2,1H3,(H,22,23);1H. The van der Waals surface area contributed by atoms with Crippen LogP contribution in [0.2, 0.25) is 0 Å². The molecule has 7 heteroatoms. The van der Waals surface area contributed by atoms with Gasteiger partial charge in [-0.15, -0.1) is 24.0 Å². The number of hydrogen-bond donors (Lipinski definition) is 1. The quantitative estimate of drug-likeness (QED) is 0.578. The largest absolute Gasteiger partial charge is 0.352 e. The van der Waals surface area contributed by atoms with Gasteiger partial charge >= 0.3 is 0 Å². The lowest BCUT2D eigenvalue weighted by Gasteiger charge is -2.17. The van der Waals surface area contributed by atoms with Crippen molar-refractivity contribution in [3.63, 3.8) is 0 Å². The van der Waals surface area contributed by atoms with Crippen molar-refractivity contribution in [1.29, 1.82) is 0 Å². The predicted octanol–water partition coefficient (Wildman–Crippen LogP) is 3.00. The molecule has 1 aliphatic rings. The van der Waals surface area contributed by atoms with Gasteiger partial charge in [0.25, 0.3) is 0 Å². The van der Waals surface area contributed by atoms with E-state index in [9.17, 15) is 0 Å². The van der Waals surface area contributed by atoms with E-state index in [0.29, 0.717) is 0 Å². The molecule has 0 atom stereocenters. The summed E-state index contributed by atoms with van der Waals surface area (Å²) in [5, 5.41) is 7.61. The second-order valence-corrected chi connectivity index (χ2v) is 6.43. The Morgan fingerprint density at radius 3 is 2.59 bits per heavy atom. The Morgan fingerprint density at radius 2 is 1.89 bits per heavy atom. The van der Waals surface area contributed by atoms with Crippen LogP contribution in [0.25, 0.3) is 11.1 Å². The summed E-state index contributed by atoms with van der Waals surface area (Å²) in [5.41, 5.74) is 4.93. The zero-order valence-corrected chi connectivity index (χ0v) is 17.6. The van der Waals surface area contributed by atoms with Crippen molar-refractivity contribution >= 4 is 29.9 Å². The van der Waals surface area contributed by atoms with E-state index in [-0.39, 0.29) is 24.0 Å². The molecule has 0 spiro atoms. The smallest absolute Gasteiger partial charge is 0.194 e.